The smallest absolute Gasteiger partial charge is 0.297 e. The summed E-state index contributed by atoms with van der Waals surface area (Å²) in [5.74, 6) is -0.877. The number of aryl methyl sites for hydroxylation is 1. The summed E-state index contributed by atoms with van der Waals surface area (Å²) in [6.07, 6.45) is -0.587. The van der Waals surface area contributed by atoms with Gasteiger partial charge in [-0.1, -0.05) is 48.0 Å². The molecule has 0 N–H and O–H groups in total. The van der Waals surface area contributed by atoms with E-state index in [1.807, 2.05) is 37.3 Å². The second-order valence-electron chi connectivity index (χ2n) is 6.17. The quantitative estimate of drug-likeness (QED) is 0.526. The highest BCUT2D eigenvalue weighted by atomic mass is 32.2. The molecule has 5 nitrogen and oxygen atoms in total. The van der Waals surface area contributed by atoms with Gasteiger partial charge in [0.1, 0.15) is 6.10 Å². The van der Waals surface area contributed by atoms with E-state index in [1.54, 1.807) is 26.0 Å². The summed E-state index contributed by atoms with van der Waals surface area (Å²) in [6, 6.07) is 15.8. The molecular weight excluding hydrogens is 340 g/mol. The van der Waals surface area contributed by atoms with Crippen molar-refractivity contribution < 1.29 is 22.1 Å². The first-order valence-corrected chi connectivity index (χ1v) is 9.38. The molecule has 0 spiro atoms. The van der Waals surface area contributed by atoms with Crippen LogP contribution in [0, 0.1) is 6.92 Å². The molecule has 0 saturated carbocycles. The Morgan fingerprint density at radius 3 is 2.16 bits per heavy atom. The highest BCUT2D eigenvalue weighted by Crippen LogP contribution is 2.26. The Balaban J connectivity index is 2.18. The molecule has 0 aliphatic rings. The van der Waals surface area contributed by atoms with Crippen molar-refractivity contribution in [3.05, 3.63) is 65.7 Å². The Labute approximate surface area is 149 Å². The van der Waals surface area contributed by atoms with Gasteiger partial charge in [0.2, 0.25) is 0 Å². The predicted octanol–water partition coefficient (Wildman–Crippen LogP) is 3.84. The number of hydrogen-bond acceptors (Lipinski definition) is 5. The maximum Gasteiger partial charge on any atom is 0.297 e. The first kappa shape index (κ1) is 19.6. The van der Waals surface area contributed by atoms with Crippen molar-refractivity contribution in [1.82, 2.24) is 0 Å². The van der Waals surface area contributed by atoms with Crippen molar-refractivity contribution in [3.63, 3.8) is 0 Å². The lowest BCUT2D eigenvalue weighted by Gasteiger charge is -2.29. The fourth-order valence-electron chi connectivity index (χ4n) is 2.18. The van der Waals surface area contributed by atoms with Crippen LogP contribution < -0.4 is 0 Å². The Hall–Kier alpha value is -1.73. The molecule has 0 aliphatic heterocycles. The van der Waals surface area contributed by atoms with Gasteiger partial charge < -0.3 is 9.47 Å². The van der Waals surface area contributed by atoms with E-state index < -0.39 is 22.0 Å². The van der Waals surface area contributed by atoms with Gasteiger partial charge in [0, 0.05) is 7.11 Å². The lowest BCUT2D eigenvalue weighted by molar-refractivity contribution is -0.230. The van der Waals surface area contributed by atoms with Crippen LogP contribution in [0.4, 0.5) is 0 Å². The summed E-state index contributed by atoms with van der Waals surface area (Å²) < 4.78 is 41.3. The third kappa shape index (κ3) is 5.64. The Kier molecular flexibility index (Phi) is 6.35. The van der Waals surface area contributed by atoms with Gasteiger partial charge in [0.15, 0.2) is 5.79 Å². The lowest BCUT2D eigenvalue weighted by Crippen LogP contribution is -2.31. The van der Waals surface area contributed by atoms with Gasteiger partial charge in [0.25, 0.3) is 10.1 Å². The molecule has 0 fully saturated rings. The van der Waals surface area contributed by atoms with Crippen molar-refractivity contribution in [2.45, 2.75) is 37.6 Å². The van der Waals surface area contributed by atoms with Crippen LogP contribution >= 0.6 is 0 Å². The highest BCUT2D eigenvalue weighted by molar-refractivity contribution is 7.86. The van der Waals surface area contributed by atoms with Crippen molar-refractivity contribution in [2.75, 3.05) is 13.7 Å². The highest BCUT2D eigenvalue weighted by Gasteiger charge is 2.27. The molecule has 25 heavy (non-hydrogen) atoms. The van der Waals surface area contributed by atoms with Gasteiger partial charge in [-0.15, -0.1) is 0 Å². The molecule has 0 heterocycles. The summed E-state index contributed by atoms with van der Waals surface area (Å²) in [5, 5.41) is 0. The van der Waals surface area contributed by atoms with Gasteiger partial charge in [-0.05, 0) is 38.5 Å². The van der Waals surface area contributed by atoms with Crippen LogP contribution in [0.2, 0.25) is 0 Å². The zero-order valence-corrected chi connectivity index (χ0v) is 15.7. The van der Waals surface area contributed by atoms with E-state index in [4.69, 9.17) is 13.7 Å². The summed E-state index contributed by atoms with van der Waals surface area (Å²) >= 11 is 0. The molecule has 0 radical (unpaired) electrons. The monoisotopic (exact) mass is 364 g/mol. The number of benzene rings is 2. The third-order valence-corrected chi connectivity index (χ3v) is 5.07. The number of methoxy groups -OCH3 is 1. The molecule has 0 unspecified atom stereocenters. The zero-order valence-electron chi connectivity index (χ0n) is 14.9. The summed E-state index contributed by atoms with van der Waals surface area (Å²) in [6.45, 7) is 5.27. The molecule has 0 saturated heterocycles. The van der Waals surface area contributed by atoms with Crippen molar-refractivity contribution in [3.8, 4) is 0 Å². The largest absolute Gasteiger partial charge is 0.354 e. The standard InChI is InChI=1S/C19H24O5S/c1-15-10-12-17(13-11-15)25(20,21)23-14-18(24-19(2,3)22-4)16-8-6-5-7-9-16/h5-13,18H,14H2,1-4H3/t18-/m0/s1. The Bertz CT molecular complexity index is 767. The first-order chi connectivity index (χ1) is 11.7. The minimum atomic E-state index is -3.86. The average molecular weight is 364 g/mol. The molecule has 0 amide bonds. The summed E-state index contributed by atoms with van der Waals surface area (Å²) in [7, 11) is -2.33. The molecule has 1 atom stereocenters. The molecular formula is C19H24O5S. The van der Waals surface area contributed by atoms with E-state index in [1.165, 1.54) is 19.2 Å². The lowest BCUT2D eigenvalue weighted by atomic mass is 10.1. The van der Waals surface area contributed by atoms with Crippen LogP contribution in [-0.4, -0.2) is 27.9 Å². The average Bonchev–Trinajstić information content (AvgIpc) is 2.60. The Morgan fingerprint density at radius 2 is 1.60 bits per heavy atom. The Morgan fingerprint density at radius 1 is 1.00 bits per heavy atom. The van der Waals surface area contributed by atoms with E-state index in [-0.39, 0.29) is 11.5 Å². The molecule has 136 valence electrons. The molecule has 6 heteroatoms. The third-order valence-electron chi connectivity index (χ3n) is 3.77. The fourth-order valence-corrected chi connectivity index (χ4v) is 3.09. The molecule has 2 rings (SSSR count). The van der Waals surface area contributed by atoms with Crippen LogP contribution in [0.15, 0.2) is 59.5 Å². The maximum atomic E-state index is 12.4. The van der Waals surface area contributed by atoms with Crippen LogP contribution in [-0.2, 0) is 23.8 Å². The van der Waals surface area contributed by atoms with E-state index in [9.17, 15) is 8.42 Å². The minimum Gasteiger partial charge on any atom is -0.354 e. The second-order valence-corrected chi connectivity index (χ2v) is 7.79. The van der Waals surface area contributed by atoms with Crippen molar-refractivity contribution >= 4 is 10.1 Å². The van der Waals surface area contributed by atoms with Crippen LogP contribution in [0.3, 0.4) is 0 Å². The van der Waals surface area contributed by atoms with E-state index in [2.05, 4.69) is 0 Å². The van der Waals surface area contributed by atoms with Crippen LogP contribution in [0.5, 0.6) is 0 Å². The molecule has 2 aromatic carbocycles. The number of hydrogen-bond donors (Lipinski definition) is 0. The minimum absolute atomic E-state index is 0.121. The predicted molar refractivity (Wildman–Crippen MR) is 95.7 cm³/mol. The number of rotatable bonds is 8. The van der Waals surface area contributed by atoms with Crippen molar-refractivity contribution in [1.29, 1.82) is 0 Å². The zero-order chi connectivity index (χ0) is 18.5. The second kappa shape index (κ2) is 8.10. The topological polar surface area (TPSA) is 61.8 Å². The van der Waals surface area contributed by atoms with Gasteiger partial charge in [-0.3, -0.25) is 4.18 Å². The van der Waals surface area contributed by atoms with Gasteiger partial charge in [-0.25, -0.2) is 0 Å². The van der Waals surface area contributed by atoms with Crippen LogP contribution in [0.25, 0.3) is 0 Å². The van der Waals surface area contributed by atoms with E-state index in [0.717, 1.165) is 11.1 Å². The fraction of sp³-hybridized carbons (Fsp3) is 0.368. The van der Waals surface area contributed by atoms with Gasteiger partial charge in [0.05, 0.1) is 11.5 Å². The van der Waals surface area contributed by atoms with Gasteiger partial charge >= 0.3 is 0 Å². The summed E-state index contributed by atoms with van der Waals surface area (Å²) in [4.78, 5) is 0.121. The van der Waals surface area contributed by atoms with Gasteiger partial charge in [-0.2, -0.15) is 8.42 Å². The molecule has 2 aromatic rings. The SMILES string of the molecule is COC(C)(C)O[C@@H](COS(=O)(=O)c1ccc(C)cc1)c1ccccc1. The van der Waals surface area contributed by atoms with Crippen molar-refractivity contribution in [2.24, 2.45) is 0 Å². The van der Waals surface area contributed by atoms with E-state index >= 15 is 0 Å². The van der Waals surface area contributed by atoms with Crippen LogP contribution in [0.1, 0.15) is 31.1 Å². The first-order valence-electron chi connectivity index (χ1n) is 7.97. The molecule has 0 aromatic heterocycles. The summed E-state index contributed by atoms with van der Waals surface area (Å²) in [5.41, 5.74) is 1.79. The molecule has 0 bridgehead atoms. The maximum absolute atomic E-state index is 12.4. The molecule has 0 aliphatic carbocycles. The number of ether oxygens (including phenoxy) is 2. The normalized spacial score (nSPS) is 13.6. The van der Waals surface area contributed by atoms with E-state index in [0.29, 0.717) is 0 Å².